The van der Waals surface area contributed by atoms with Crippen molar-refractivity contribution in [2.24, 2.45) is 0 Å². The summed E-state index contributed by atoms with van der Waals surface area (Å²) in [7, 11) is 0. The maximum atomic E-state index is 3.70. The van der Waals surface area contributed by atoms with Gasteiger partial charge in [-0.25, -0.2) is 9.55 Å². The van der Waals surface area contributed by atoms with Crippen LogP contribution in [0, 0.1) is 0 Å². The summed E-state index contributed by atoms with van der Waals surface area (Å²) in [6.45, 7) is 9.37. The van der Waals surface area contributed by atoms with E-state index in [2.05, 4.69) is 49.6 Å². The second-order valence-electron chi connectivity index (χ2n) is 12.2. The number of aromatic amines is 1. The first-order valence-electron chi connectivity index (χ1n) is 17.3. The second-order valence-corrected chi connectivity index (χ2v) is 12.2. The molecule has 1 aromatic heterocycles. The number of nitrogens with zero attached hydrogens (tertiary/aromatic N) is 1. The van der Waals surface area contributed by atoms with Gasteiger partial charge in [-0.15, -0.1) is 0 Å². The molecule has 0 aliphatic carbocycles. The molecule has 218 valence electrons. The molecule has 0 aliphatic heterocycles. The van der Waals surface area contributed by atoms with Crippen molar-refractivity contribution in [3.05, 3.63) is 18.2 Å². The predicted molar refractivity (Wildman–Crippen MR) is 166 cm³/mol. The van der Waals surface area contributed by atoms with Gasteiger partial charge in [0, 0.05) is 0 Å². The van der Waals surface area contributed by atoms with E-state index in [9.17, 15) is 0 Å². The van der Waals surface area contributed by atoms with Crippen LogP contribution in [0.25, 0.3) is 0 Å². The summed E-state index contributed by atoms with van der Waals surface area (Å²) in [6.07, 6.45) is 41.3. The quantitative estimate of drug-likeness (QED) is 0.0842. The first-order valence-corrected chi connectivity index (χ1v) is 17.3. The second kappa shape index (κ2) is 25.5. The number of unbranched alkanes of at least 4 members (excludes halogenated alkanes) is 20. The molecule has 1 heterocycles. The van der Waals surface area contributed by atoms with Gasteiger partial charge in [-0.05, 0) is 32.6 Å². The lowest BCUT2D eigenvalue weighted by atomic mass is 9.93. The molecular formula is C35H69N2+. The molecule has 0 saturated heterocycles. The highest BCUT2D eigenvalue weighted by Crippen LogP contribution is 2.27. The van der Waals surface area contributed by atoms with E-state index in [1.54, 1.807) is 0 Å². The van der Waals surface area contributed by atoms with Gasteiger partial charge in [0.15, 0.2) is 0 Å². The third-order valence-corrected chi connectivity index (χ3v) is 8.64. The molecule has 0 bridgehead atoms. The number of rotatable bonds is 28. The van der Waals surface area contributed by atoms with E-state index in [0.29, 0.717) is 12.0 Å². The fourth-order valence-electron chi connectivity index (χ4n) is 6.07. The minimum absolute atomic E-state index is 0.621. The average molecular weight is 518 g/mol. The van der Waals surface area contributed by atoms with Crippen molar-refractivity contribution in [1.29, 1.82) is 0 Å². The van der Waals surface area contributed by atoms with Crippen LogP contribution in [0.3, 0.4) is 0 Å². The fraction of sp³-hybridized carbons (Fsp3) is 0.914. The lowest BCUT2D eigenvalue weighted by molar-refractivity contribution is -0.727. The SMILES string of the molecule is CCCCCCCCCCCCCCCCC(CCCCCCCC)c1[nH]cc[n+]1C(C)CCCCC. The van der Waals surface area contributed by atoms with Gasteiger partial charge in [-0.2, -0.15) is 0 Å². The Morgan fingerprint density at radius 3 is 1.30 bits per heavy atom. The van der Waals surface area contributed by atoms with Crippen molar-refractivity contribution in [2.75, 3.05) is 0 Å². The first kappa shape index (κ1) is 34.2. The summed E-state index contributed by atoms with van der Waals surface area (Å²) in [5.74, 6) is 2.24. The lowest BCUT2D eigenvalue weighted by Crippen LogP contribution is -2.41. The van der Waals surface area contributed by atoms with E-state index in [-0.39, 0.29) is 0 Å². The van der Waals surface area contributed by atoms with E-state index in [0.717, 1.165) is 0 Å². The summed E-state index contributed by atoms with van der Waals surface area (Å²) in [4.78, 5) is 3.70. The zero-order valence-electron chi connectivity index (χ0n) is 26.1. The van der Waals surface area contributed by atoms with Gasteiger partial charge in [0.1, 0.15) is 12.4 Å². The predicted octanol–water partition coefficient (Wildman–Crippen LogP) is 12.1. The number of nitrogens with one attached hydrogen (secondary N) is 1. The van der Waals surface area contributed by atoms with Crippen LogP contribution in [0.5, 0.6) is 0 Å². The Bertz CT molecular complexity index is 578. The Morgan fingerprint density at radius 2 is 0.865 bits per heavy atom. The number of aromatic nitrogens is 2. The molecule has 0 aromatic carbocycles. The highest BCUT2D eigenvalue weighted by atomic mass is 15.1. The molecule has 0 radical (unpaired) electrons. The minimum Gasteiger partial charge on any atom is -0.247 e. The summed E-state index contributed by atoms with van der Waals surface area (Å²) in [6, 6.07) is 0.621. The molecule has 2 atom stereocenters. The summed E-state index contributed by atoms with van der Waals surface area (Å²) >= 11 is 0. The minimum atomic E-state index is 0.621. The van der Waals surface area contributed by atoms with Crippen LogP contribution in [0.1, 0.15) is 212 Å². The van der Waals surface area contributed by atoms with Crippen molar-refractivity contribution >= 4 is 0 Å². The van der Waals surface area contributed by atoms with Crippen LogP contribution in [-0.2, 0) is 0 Å². The third kappa shape index (κ3) is 18.2. The van der Waals surface area contributed by atoms with Crippen LogP contribution >= 0.6 is 0 Å². The molecular weight excluding hydrogens is 448 g/mol. The van der Waals surface area contributed by atoms with Gasteiger partial charge in [0.2, 0.25) is 0 Å². The molecule has 0 saturated carbocycles. The summed E-state index contributed by atoms with van der Waals surface area (Å²) < 4.78 is 2.60. The molecule has 2 unspecified atom stereocenters. The van der Waals surface area contributed by atoms with Crippen LogP contribution < -0.4 is 4.57 Å². The zero-order valence-corrected chi connectivity index (χ0v) is 26.1. The number of hydrogen-bond acceptors (Lipinski definition) is 0. The Balaban J connectivity index is 2.32. The van der Waals surface area contributed by atoms with E-state index < -0.39 is 0 Å². The first-order chi connectivity index (χ1) is 18.2. The molecule has 37 heavy (non-hydrogen) atoms. The Hall–Kier alpha value is -0.790. The molecule has 1 aromatic rings. The van der Waals surface area contributed by atoms with Gasteiger partial charge in [-0.3, -0.25) is 0 Å². The maximum absolute atomic E-state index is 3.70. The van der Waals surface area contributed by atoms with Crippen LogP contribution in [0.2, 0.25) is 0 Å². The van der Waals surface area contributed by atoms with Gasteiger partial charge in [0.05, 0.1) is 12.0 Å². The molecule has 0 amide bonds. The van der Waals surface area contributed by atoms with Crippen LogP contribution in [-0.4, -0.2) is 4.98 Å². The van der Waals surface area contributed by atoms with Crippen molar-refractivity contribution in [3.63, 3.8) is 0 Å². The van der Waals surface area contributed by atoms with Crippen LogP contribution in [0.4, 0.5) is 0 Å². The maximum Gasteiger partial charge on any atom is 0.257 e. The lowest BCUT2D eigenvalue weighted by Gasteiger charge is -2.17. The largest absolute Gasteiger partial charge is 0.257 e. The topological polar surface area (TPSA) is 19.7 Å². The molecule has 2 nitrogen and oxygen atoms in total. The van der Waals surface area contributed by atoms with E-state index >= 15 is 0 Å². The highest BCUT2D eigenvalue weighted by Gasteiger charge is 2.25. The van der Waals surface area contributed by atoms with Gasteiger partial charge in [0.25, 0.3) is 5.82 Å². The average Bonchev–Trinajstić information content (AvgIpc) is 3.39. The summed E-state index contributed by atoms with van der Waals surface area (Å²) in [5, 5.41) is 0. The van der Waals surface area contributed by atoms with E-state index in [4.69, 9.17) is 0 Å². The van der Waals surface area contributed by atoms with E-state index in [1.165, 1.54) is 173 Å². The van der Waals surface area contributed by atoms with Crippen molar-refractivity contribution in [3.8, 4) is 0 Å². The van der Waals surface area contributed by atoms with Gasteiger partial charge >= 0.3 is 0 Å². The normalized spacial score (nSPS) is 13.3. The molecule has 2 heteroatoms. The molecule has 0 fully saturated rings. The van der Waals surface area contributed by atoms with Crippen LogP contribution in [0.15, 0.2) is 12.4 Å². The molecule has 0 spiro atoms. The van der Waals surface area contributed by atoms with Crippen molar-refractivity contribution in [1.82, 2.24) is 4.98 Å². The summed E-state index contributed by atoms with van der Waals surface area (Å²) in [5.41, 5.74) is 0. The highest BCUT2D eigenvalue weighted by molar-refractivity contribution is 4.90. The Labute approximate surface area is 234 Å². The van der Waals surface area contributed by atoms with Crippen molar-refractivity contribution in [2.45, 2.75) is 207 Å². The van der Waals surface area contributed by atoms with Gasteiger partial charge in [-0.1, -0.05) is 162 Å². The molecule has 0 aliphatic rings. The smallest absolute Gasteiger partial charge is 0.247 e. The van der Waals surface area contributed by atoms with Crippen molar-refractivity contribution < 1.29 is 4.57 Å². The molecule has 1 N–H and O–H groups in total. The Morgan fingerprint density at radius 1 is 0.514 bits per heavy atom. The standard InChI is InChI=1S/C35H68N2/c1-5-8-11-13-15-16-17-18-19-20-21-22-24-27-30-34(29-26-23-14-12-9-6-2)35-36-31-32-37(35)33(4)28-25-10-7-3/h31-34H,5-30H2,1-4H3/p+1. The third-order valence-electron chi connectivity index (χ3n) is 8.64. The number of imidazole rings is 1. The monoisotopic (exact) mass is 518 g/mol. The van der Waals surface area contributed by atoms with Gasteiger partial charge < -0.3 is 0 Å². The number of H-pyrrole nitrogens is 1. The fourth-order valence-corrected chi connectivity index (χ4v) is 6.07. The Kier molecular flexibility index (Phi) is 23.6. The van der Waals surface area contributed by atoms with E-state index in [1.807, 2.05) is 0 Å². The zero-order chi connectivity index (χ0) is 26.8. The number of hydrogen-bond donors (Lipinski definition) is 1. The molecule has 1 rings (SSSR count).